The molecule has 0 spiro atoms. The average molecular weight is 663 g/mol. The molecule has 46 heavy (non-hydrogen) atoms. The predicted molar refractivity (Wildman–Crippen MR) is 179 cm³/mol. The number of carboxylic acids is 2. The Morgan fingerprint density at radius 1 is 0.804 bits per heavy atom. The molecule has 240 valence electrons. The summed E-state index contributed by atoms with van der Waals surface area (Å²) in [6.45, 7) is 18.3. The first-order valence-electron chi connectivity index (χ1n) is 15.1. The van der Waals surface area contributed by atoms with E-state index in [9.17, 15) is 19.8 Å². The van der Waals surface area contributed by atoms with Crippen molar-refractivity contribution in [1.82, 2.24) is 7.17 Å². The maximum atomic E-state index is 11.8. The molecule has 0 saturated carbocycles. The molecule has 2 aromatic rings. The van der Waals surface area contributed by atoms with Crippen LogP contribution < -0.4 is 10.7 Å². The molecular weight excluding hydrogens is 624 g/mol. The number of aromatic nitrogens is 2. The second kappa shape index (κ2) is 13.1. The molecule has 0 aromatic carbocycles. The van der Waals surface area contributed by atoms with E-state index in [1.807, 2.05) is 39.0 Å². The quantitative estimate of drug-likeness (QED) is 0.352. The van der Waals surface area contributed by atoms with Crippen molar-refractivity contribution in [3.05, 3.63) is 97.3 Å². The minimum atomic E-state index is -0.868. The summed E-state index contributed by atoms with van der Waals surface area (Å²) in [7, 11) is 0. The predicted octanol–water partition coefficient (Wildman–Crippen LogP) is 4.74. The van der Waals surface area contributed by atoms with Crippen LogP contribution in [0.5, 0.6) is 0 Å². The summed E-state index contributed by atoms with van der Waals surface area (Å²) in [6, 6.07) is 0. The zero-order valence-corrected chi connectivity index (χ0v) is 27.8. The van der Waals surface area contributed by atoms with Crippen LogP contribution in [0.15, 0.2) is 62.9 Å². The van der Waals surface area contributed by atoms with E-state index < -0.39 is 11.9 Å². The number of allylic oxidation sites excluding steroid dienone is 4. The van der Waals surface area contributed by atoms with Crippen molar-refractivity contribution in [2.45, 2.75) is 60.3 Å². The van der Waals surface area contributed by atoms with Crippen LogP contribution in [0.2, 0.25) is 0 Å². The Labute approximate surface area is 274 Å². The van der Waals surface area contributed by atoms with Crippen molar-refractivity contribution in [2.75, 3.05) is 6.61 Å². The minimum Gasteiger partial charge on any atom is -0.397 e. The van der Waals surface area contributed by atoms with Crippen LogP contribution in [0.4, 0.5) is 0 Å². The molecule has 0 amide bonds. The third kappa shape index (κ3) is 5.68. The number of aliphatic hydroxyl groups excluding tert-OH is 1. The molecule has 3 N–H and O–H groups in total. The Balaban J connectivity index is 0.00000134. The monoisotopic (exact) mass is 662 g/mol. The molecule has 6 bridgehead atoms. The number of aliphatic carboxylic acids is 2. The molecule has 10 heteroatoms. The maximum Gasteiger partial charge on any atom is 0.0402 e. The molecule has 0 fully saturated rings. The molecule has 0 unspecified atom stereocenters. The van der Waals surface area contributed by atoms with Crippen LogP contribution in [-0.4, -0.2) is 52.5 Å². The minimum absolute atomic E-state index is 0.0140. The topological polar surface area (TPSA) is 129 Å². The summed E-state index contributed by atoms with van der Waals surface area (Å²) in [5.74, 6) is -1.74. The van der Waals surface area contributed by atoms with E-state index in [1.54, 1.807) is 6.92 Å². The van der Waals surface area contributed by atoms with Gasteiger partial charge in [-0.25, -0.2) is 0 Å². The summed E-state index contributed by atoms with van der Waals surface area (Å²) in [4.78, 5) is 33.4. The standard InChI is InChI=1S/C34H34N4O4.C2H6O.Fe/c1-7-21-17(3)25-13-26-19(5)23(9-11-33(39)40)31(37-26)16-32-24(10-12-34(41)42)20(6)28(38-32)15-30-22(8-2)18(4)27(36-30)14-29(21)35-25;1-2-3;/h7-8,13-16H,1-2,9-12H2,3-6H3,(H4,35,36,37,38,39,40,41,42);3H,2H2,1H3;/q;;+2/p-2/b25-13?,26-13-,27-14?,28-15-,29-14-,30-15?,31-16-,32-16?;;. The van der Waals surface area contributed by atoms with Gasteiger partial charge in [0.1, 0.15) is 0 Å². The van der Waals surface area contributed by atoms with Gasteiger partial charge in [-0.3, -0.25) is 0 Å². The number of carboxylic acid groups (broad SMARTS) is 2. The number of carbonyl (C=O) groups is 2. The van der Waals surface area contributed by atoms with E-state index in [1.165, 1.54) is 0 Å². The zero-order valence-electron chi connectivity index (χ0n) is 26.7. The van der Waals surface area contributed by atoms with Gasteiger partial charge in [-0.1, -0.05) is 0 Å². The van der Waals surface area contributed by atoms with Crippen LogP contribution >= 0.6 is 0 Å². The third-order valence-corrected chi connectivity index (χ3v) is 10.1. The normalized spacial score (nSPS) is 19.8. The molecule has 9 nitrogen and oxygen atoms in total. The van der Waals surface area contributed by atoms with Crippen LogP contribution in [-0.2, 0) is 31.4 Å². The number of aliphatic imine (C=N–C) groups is 2. The van der Waals surface area contributed by atoms with Crippen molar-refractivity contribution in [3.8, 4) is 0 Å². The third-order valence-electron chi connectivity index (χ3n) is 8.55. The number of hydrogen-bond donors (Lipinski definition) is 3. The van der Waals surface area contributed by atoms with Crippen molar-refractivity contribution < 1.29 is 40.3 Å². The molecule has 4 aliphatic heterocycles. The van der Waals surface area contributed by atoms with Crippen LogP contribution in [0.3, 0.4) is 0 Å². The first-order chi connectivity index (χ1) is 21.9. The second-order valence-corrected chi connectivity index (χ2v) is 12.5. The number of aliphatic hydroxyl groups is 1. The first-order valence-corrected chi connectivity index (χ1v) is 16.1. The fraction of sp³-hybridized carbons (Fsp3) is 0.278. The van der Waals surface area contributed by atoms with Crippen molar-refractivity contribution in [2.24, 2.45) is 9.98 Å². The van der Waals surface area contributed by atoms with Gasteiger partial charge in [0.25, 0.3) is 0 Å². The fourth-order valence-electron chi connectivity index (χ4n) is 6.14. The maximum absolute atomic E-state index is 11.8. The Kier molecular flexibility index (Phi) is 9.35. The number of nitrogens with zero attached hydrogens (tertiary/aromatic N) is 4. The van der Waals surface area contributed by atoms with Gasteiger partial charge in [-0.05, 0) is 6.92 Å². The van der Waals surface area contributed by atoms with Gasteiger partial charge in [0.15, 0.2) is 0 Å². The summed E-state index contributed by atoms with van der Waals surface area (Å²) < 4.78 is 4.47. The molecule has 6 rings (SSSR count). The summed E-state index contributed by atoms with van der Waals surface area (Å²) >= 11 is 0.463. The number of hydrogen-bond acceptors (Lipinski definition) is 5. The van der Waals surface area contributed by atoms with E-state index in [4.69, 9.17) is 15.1 Å². The van der Waals surface area contributed by atoms with Crippen LogP contribution in [0, 0.1) is 13.8 Å². The molecule has 4 aliphatic rings. The molecule has 6 heterocycles. The van der Waals surface area contributed by atoms with Gasteiger partial charge in [0.05, 0.1) is 0 Å². The van der Waals surface area contributed by atoms with Gasteiger partial charge < -0.3 is 5.11 Å². The average Bonchev–Trinajstić information content (AvgIpc) is 3.63. The van der Waals surface area contributed by atoms with Gasteiger partial charge in [0.2, 0.25) is 0 Å². The Morgan fingerprint density at radius 3 is 2.04 bits per heavy atom. The van der Waals surface area contributed by atoms with E-state index in [-0.39, 0.29) is 19.4 Å². The van der Waals surface area contributed by atoms with Gasteiger partial charge in [-0.2, -0.15) is 0 Å². The first kappa shape index (κ1) is 32.9. The van der Waals surface area contributed by atoms with Crippen molar-refractivity contribution >= 4 is 53.7 Å². The van der Waals surface area contributed by atoms with E-state index >= 15 is 0 Å². The Hall–Kier alpha value is -4.50. The summed E-state index contributed by atoms with van der Waals surface area (Å²) in [6.07, 6.45) is 12.7. The van der Waals surface area contributed by atoms with Gasteiger partial charge >= 0.3 is 257 Å². The Morgan fingerprint density at radius 2 is 1.41 bits per heavy atom. The molecular formula is C36H38FeN4O5. The number of fused-ring (bicyclic) bond motifs is 2. The molecule has 0 aliphatic carbocycles. The van der Waals surface area contributed by atoms with Crippen LogP contribution in [0.1, 0.15) is 73.7 Å². The van der Waals surface area contributed by atoms with Gasteiger partial charge in [-0.15, -0.1) is 0 Å². The SMILES string of the molecule is C=CC1=C(C)C2=NC/1=C\c1c(C)c(C=C)c3[n]1[Fe][n]1/c(c(C)c(CCC(=O)O)/c1=C/C1=NC(=C\3)/C(C)=C1CCC(=O)O)=C\2.CCO. The second-order valence-electron chi connectivity index (χ2n) is 11.3. The van der Waals surface area contributed by atoms with Crippen molar-refractivity contribution in [3.63, 3.8) is 0 Å². The molecule has 0 saturated heterocycles. The fourth-order valence-corrected chi connectivity index (χ4v) is 7.77. The molecule has 2 aromatic heterocycles. The van der Waals surface area contributed by atoms with Crippen molar-refractivity contribution in [1.29, 1.82) is 0 Å². The molecule has 0 atom stereocenters. The zero-order chi connectivity index (χ0) is 33.4. The van der Waals surface area contributed by atoms with E-state index in [0.29, 0.717) is 33.9 Å². The summed E-state index contributed by atoms with van der Waals surface area (Å²) in [5.41, 5.74) is 12.9. The molecule has 0 radical (unpaired) electrons. The van der Waals surface area contributed by atoms with E-state index in [0.717, 1.165) is 83.7 Å². The largest absolute Gasteiger partial charge is 0.397 e. The van der Waals surface area contributed by atoms with Crippen LogP contribution in [0.25, 0.3) is 30.4 Å². The smallest absolute Gasteiger partial charge is 0.0402 e. The number of rotatable bonds is 8. The van der Waals surface area contributed by atoms with Gasteiger partial charge in [0, 0.05) is 6.61 Å². The summed E-state index contributed by atoms with van der Waals surface area (Å²) in [5, 5.41) is 28.5. The Bertz CT molecular complexity index is 2040. The van der Waals surface area contributed by atoms with E-state index in [2.05, 4.69) is 45.5 Å².